The Hall–Kier alpha value is -3.32. The van der Waals surface area contributed by atoms with E-state index in [-0.39, 0.29) is 5.02 Å². The van der Waals surface area contributed by atoms with Gasteiger partial charge in [-0.2, -0.15) is 0 Å². The van der Waals surface area contributed by atoms with Crippen molar-refractivity contribution in [1.29, 1.82) is 0 Å². The van der Waals surface area contributed by atoms with Gasteiger partial charge >= 0.3 is 0 Å². The zero-order valence-corrected chi connectivity index (χ0v) is 15.6. The van der Waals surface area contributed by atoms with Crippen LogP contribution in [-0.2, 0) is 6.42 Å². The van der Waals surface area contributed by atoms with Crippen LogP contribution in [0.4, 0.5) is 15.9 Å². The SMILES string of the molecule is COc1ccc2nc(Cc3cnccn3)nc(Nc3ccc(F)c(Cl)c3)c2c1. The van der Waals surface area contributed by atoms with Gasteiger partial charge in [0.15, 0.2) is 0 Å². The van der Waals surface area contributed by atoms with Crippen LogP contribution in [0.1, 0.15) is 11.5 Å². The van der Waals surface area contributed by atoms with Gasteiger partial charge in [0.25, 0.3) is 0 Å². The molecule has 2 heterocycles. The number of fused-ring (bicyclic) bond motifs is 1. The first-order chi connectivity index (χ1) is 13.6. The molecule has 2 aromatic heterocycles. The Balaban J connectivity index is 1.79. The number of rotatable bonds is 5. The average molecular weight is 396 g/mol. The van der Waals surface area contributed by atoms with E-state index in [1.807, 2.05) is 18.2 Å². The Morgan fingerprint density at radius 3 is 2.75 bits per heavy atom. The maximum atomic E-state index is 13.5. The summed E-state index contributed by atoms with van der Waals surface area (Å²) in [6.07, 6.45) is 5.34. The van der Waals surface area contributed by atoms with Gasteiger partial charge in [-0.1, -0.05) is 11.6 Å². The average Bonchev–Trinajstić information content (AvgIpc) is 2.71. The molecule has 4 rings (SSSR count). The Morgan fingerprint density at radius 1 is 1.11 bits per heavy atom. The van der Waals surface area contributed by atoms with Gasteiger partial charge in [-0.3, -0.25) is 9.97 Å². The zero-order valence-electron chi connectivity index (χ0n) is 14.9. The minimum absolute atomic E-state index is 0.0284. The molecule has 0 aliphatic carbocycles. The third-order valence-corrected chi connectivity index (χ3v) is 4.38. The smallest absolute Gasteiger partial charge is 0.142 e. The van der Waals surface area contributed by atoms with Gasteiger partial charge in [0.1, 0.15) is 23.2 Å². The highest BCUT2D eigenvalue weighted by molar-refractivity contribution is 6.31. The van der Waals surface area contributed by atoms with E-state index in [0.29, 0.717) is 29.5 Å². The zero-order chi connectivity index (χ0) is 19.5. The van der Waals surface area contributed by atoms with Crippen molar-refractivity contribution in [1.82, 2.24) is 19.9 Å². The number of hydrogen-bond donors (Lipinski definition) is 1. The van der Waals surface area contributed by atoms with Crippen LogP contribution in [0.5, 0.6) is 5.75 Å². The van der Waals surface area contributed by atoms with Gasteiger partial charge in [-0.25, -0.2) is 14.4 Å². The molecule has 0 saturated carbocycles. The molecule has 0 saturated heterocycles. The summed E-state index contributed by atoms with van der Waals surface area (Å²) in [5.74, 6) is 1.34. The lowest BCUT2D eigenvalue weighted by molar-refractivity contribution is 0.415. The van der Waals surface area contributed by atoms with Crippen molar-refractivity contribution >= 4 is 34.0 Å². The predicted molar refractivity (Wildman–Crippen MR) is 106 cm³/mol. The largest absolute Gasteiger partial charge is 0.497 e. The normalized spacial score (nSPS) is 10.8. The van der Waals surface area contributed by atoms with E-state index in [4.69, 9.17) is 16.3 Å². The molecule has 0 aliphatic heterocycles. The number of methoxy groups -OCH3 is 1. The molecular formula is C20H15ClFN5O. The van der Waals surface area contributed by atoms with Crippen molar-refractivity contribution < 1.29 is 9.13 Å². The predicted octanol–water partition coefficient (Wildman–Crippen LogP) is 4.56. The summed E-state index contributed by atoms with van der Waals surface area (Å²) in [5.41, 5.74) is 2.11. The molecule has 0 unspecified atom stereocenters. The molecule has 6 nitrogen and oxygen atoms in total. The fraction of sp³-hybridized carbons (Fsp3) is 0.100. The van der Waals surface area contributed by atoms with Gasteiger partial charge in [-0.05, 0) is 36.4 Å². The Labute approximate surface area is 165 Å². The summed E-state index contributed by atoms with van der Waals surface area (Å²) in [5, 5.41) is 3.99. The summed E-state index contributed by atoms with van der Waals surface area (Å²) < 4.78 is 18.8. The maximum Gasteiger partial charge on any atom is 0.142 e. The third kappa shape index (κ3) is 3.84. The number of benzene rings is 2. The van der Waals surface area contributed by atoms with Crippen LogP contribution in [0.2, 0.25) is 5.02 Å². The van der Waals surface area contributed by atoms with Gasteiger partial charge in [0.05, 0.1) is 29.8 Å². The lowest BCUT2D eigenvalue weighted by Gasteiger charge is -2.12. The lowest BCUT2D eigenvalue weighted by Crippen LogP contribution is -2.04. The Kier molecular flexibility index (Phi) is 4.99. The van der Waals surface area contributed by atoms with Crippen LogP contribution in [0.15, 0.2) is 55.0 Å². The van der Waals surface area contributed by atoms with Gasteiger partial charge in [0, 0.05) is 29.7 Å². The van der Waals surface area contributed by atoms with Crippen LogP contribution in [0, 0.1) is 5.82 Å². The lowest BCUT2D eigenvalue weighted by atomic mass is 10.2. The fourth-order valence-electron chi connectivity index (χ4n) is 2.75. The number of anilines is 2. The fourth-order valence-corrected chi connectivity index (χ4v) is 2.93. The topological polar surface area (TPSA) is 72.8 Å². The van der Waals surface area contributed by atoms with Crippen molar-refractivity contribution in [2.24, 2.45) is 0 Å². The number of nitrogens with one attached hydrogen (secondary N) is 1. The van der Waals surface area contributed by atoms with Crippen molar-refractivity contribution in [3.05, 3.63) is 77.3 Å². The van der Waals surface area contributed by atoms with Gasteiger partial charge in [-0.15, -0.1) is 0 Å². The van der Waals surface area contributed by atoms with E-state index in [9.17, 15) is 4.39 Å². The highest BCUT2D eigenvalue weighted by Gasteiger charge is 2.12. The molecule has 0 spiro atoms. The molecular weight excluding hydrogens is 381 g/mol. The second-order valence-electron chi connectivity index (χ2n) is 6.00. The Morgan fingerprint density at radius 2 is 2.00 bits per heavy atom. The van der Waals surface area contributed by atoms with Crippen molar-refractivity contribution in [2.75, 3.05) is 12.4 Å². The van der Waals surface area contributed by atoms with E-state index < -0.39 is 5.82 Å². The highest BCUT2D eigenvalue weighted by atomic mass is 35.5. The molecule has 0 bridgehead atoms. The maximum absolute atomic E-state index is 13.5. The van der Waals surface area contributed by atoms with Crippen LogP contribution < -0.4 is 10.1 Å². The molecule has 0 atom stereocenters. The van der Waals surface area contributed by atoms with Crippen molar-refractivity contribution in [3.8, 4) is 5.75 Å². The van der Waals surface area contributed by atoms with Crippen LogP contribution in [0.25, 0.3) is 10.9 Å². The van der Waals surface area contributed by atoms with Gasteiger partial charge < -0.3 is 10.1 Å². The molecule has 2 aromatic carbocycles. The number of halogens is 2. The first kappa shape index (κ1) is 18.1. The molecule has 0 aliphatic rings. The summed E-state index contributed by atoms with van der Waals surface area (Å²) in [6.45, 7) is 0. The minimum atomic E-state index is -0.482. The quantitative estimate of drug-likeness (QED) is 0.534. The van der Waals surface area contributed by atoms with E-state index >= 15 is 0 Å². The van der Waals surface area contributed by atoms with Crippen LogP contribution in [0.3, 0.4) is 0 Å². The molecule has 0 amide bonds. The second-order valence-corrected chi connectivity index (χ2v) is 6.41. The van der Waals surface area contributed by atoms with Crippen LogP contribution >= 0.6 is 11.6 Å². The molecule has 8 heteroatoms. The highest BCUT2D eigenvalue weighted by Crippen LogP contribution is 2.29. The van der Waals surface area contributed by atoms with E-state index in [1.54, 1.807) is 31.8 Å². The number of ether oxygens (including phenoxy) is 1. The summed E-state index contributed by atoms with van der Waals surface area (Å²) in [4.78, 5) is 17.6. The summed E-state index contributed by atoms with van der Waals surface area (Å²) in [7, 11) is 1.59. The molecule has 0 fully saturated rings. The van der Waals surface area contributed by atoms with Crippen molar-refractivity contribution in [2.45, 2.75) is 6.42 Å². The first-order valence-electron chi connectivity index (χ1n) is 8.44. The van der Waals surface area contributed by atoms with Gasteiger partial charge in [0.2, 0.25) is 0 Å². The monoisotopic (exact) mass is 395 g/mol. The standard InChI is InChI=1S/C20H15ClFN5O/c1-28-14-3-5-18-15(10-14)20(25-12-2-4-17(22)16(21)8-12)27-19(26-18)9-13-11-23-6-7-24-13/h2-8,10-11H,9H2,1H3,(H,25,26,27). The molecule has 140 valence electrons. The minimum Gasteiger partial charge on any atom is -0.497 e. The van der Waals surface area contributed by atoms with E-state index in [1.165, 1.54) is 12.1 Å². The summed E-state index contributed by atoms with van der Waals surface area (Å²) in [6, 6.07) is 9.94. The van der Waals surface area contributed by atoms with Crippen molar-refractivity contribution in [3.63, 3.8) is 0 Å². The second kappa shape index (κ2) is 7.74. The molecule has 28 heavy (non-hydrogen) atoms. The molecule has 4 aromatic rings. The third-order valence-electron chi connectivity index (χ3n) is 4.09. The summed E-state index contributed by atoms with van der Waals surface area (Å²) >= 11 is 5.90. The molecule has 1 N–H and O–H groups in total. The van der Waals surface area contributed by atoms with E-state index in [0.717, 1.165) is 16.6 Å². The first-order valence-corrected chi connectivity index (χ1v) is 8.82. The number of hydrogen-bond acceptors (Lipinski definition) is 6. The molecule has 0 radical (unpaired) electrons. The van der Waals surface area contributed by atoms with E-state index in [2.05, 4.69) is 25.3 Å². The Bertz CT molecular complexity index is 1140. The number of aromatic nitrogens is 4. The van der Waals surface area contributed by atoms with Crippen LogP contribution in [-0.4, -0.2) is 27.0 Å². The number of nitrogens with zero attached hydrogens (tertiary/aromatic N) is 4.